The molecule has 4 rings (SSSR count). The fraction of sp³-hybridized carbons (Fsp3) is 0.571. The Morgan fingerprint density at radius 3 is 2.70 bits per heavy atom. The van der Waals surface area contributed by atoms with Gasteiger partial charge in [0.05, 0.1) is 36.9 Å². The molecule has 2 bridgehead atoms. The molecule has 2 N–H and O–H groups in total. The molecule has 1 spiro atoms. The van der Waals surface area contributed by atoms with Crippen LogP contribution in [0, 0.1) is 11.8 Å². The first kappa shape index (κ1) is 21.0. The highest BCUT2D eigenvalue weighted by Gasteiger charge is 2.73. The lowest BCUT2D eigenvalue weighted by atomic mass is 9.71. The van der Waals surface area contributed by atoms with Crippen LogP contribution in [-0.4, -0.2) is 70.7 Å². The smallest absolute Gasteiger partial charge is 0.310 e. The summed E-state index contributed by atoms with van der Waals surface area (Å²) in [6.45, 7) is 1.80. The second-order valence-corrected chi connectivity index (χ2v) is 9.38. The number of rotatable bonds is 7. The third-order valence-corrected chi connectivity index (χ3v) is 8.26. The molecule has 2 unspecified atom stereocenters. The molecule has 8 nitrogen and oxygen atoms in total. The maximum Gasteiger partial charge on any atom is 0.310 e. The summed E-state index contributed by atoms with van der Waals surface area (Å²) >= 11 is 1.57. The van der Waals surface area contributed by atoms with Crippen molar-refractivity contribution in [1.82, 2.24) is 4.90 Å². The average Bonchev–Trinajstić information content (AvgIpc) is 3.37. The molecule has 3 saturated heterocycles. The number of β-amino-alcohol motifs (C(OH)–C–C–N with tert-alkyl or cyclic N) is 1. The van der Waals surface area contributed by atoms with Gasteiger partial charge in [0, 0.05) is 17.5 Å². The summed E-state index contributed by atoms with van der Waals surface area (Å²) in [6, 6.07) is 6.21. The van der Waals surface area contributed by atoms with Crippen LogP contribution < -0.4 is 10.1 Å². The summed E-state index contributed by atoms with van der Waals surface area (Å²) < 4.78 is 9.73. The minimum Gasteiger partial charge on any atom is -0.497 e. The van der Waals surface area contributed by atoms with Gasteiger partial charge in [0.2, 0.25) is 11.8 Å². The number of carbonyl (C=O) groups excluding carboxylic acids is 3. The Morgan fingerprint density at radius 2 is 2.07 bits per heavy atom. The van der Waals surface area contributed by atoms with E-state index in [1.54, 1.807) is 50.1 Å². The van der Waals surface area contributed by atoms with E-state index in [-0.39, 0.29) is 42.8 Å². The molecule has 162 valence electrons. The summed E-state index contributed by atoms with van der Waals surface area (Å²) in [5.74, 6) is -1.38. The molecule has 3 heterocycles. The molecule has 5 atom stereocenters. The van der Waals surface area contributed by atoms with Gasteiger partial charge in [-0.15, -0.1) is 11.8 Å². The highest BCUT2D eigenvalue weighted by atomic mass is 32.2. The molecule has 0 saturated carbocycles. The molecular formula is C21H26N2O6S. The lowest BCUT2D eigenvalue weighted by Crippen LogP contribution is -2.51. The SMILES string of the molecule is CCOC(=O)[C@@H]1[C@@H]2CCC3(S2)C(C(=O)Nc2ccc(OC)cc2)N(CCO)C(=O)[C@H]13. The zero-order valence-corrected chi connectivity index (χ0v) is 17.8. The van der Waals surface area contributed by atoms with Crippen molar-refractivity contribution in [3.8, 4) is 5.75 Å². The molecule has 9 heteroatoms. The standard InChI is InChI=1S/C21H26N2O6S/c1-3-29-20(27)15-14-8-9-21(30-14)16(15)19(26)23(10-11-24)17(21)18(25)22-12-4-6-13(28-2)7-5-12/h4-7,14-17,24H,3,8-11H2,1-2H3,(H,22,25)/t14-,15+,16-,17?,21?/m0/s1. The summed E-state index contributed by atoms with van der Waals surface area (Å²) in [4.78, 5) is 40.8. The number of ether oxygens (including phenoxy) is 2. The van der Waals surface area contributed by atoms with Crippen molar-refractivity contribution in [1.29, 1.82) is 0 Å². The van der Waals surface area contributed by atoms with Crippen LogP contribution in [0.3, 0.4) is 0 Å². The Balaban J connectivity index is 1.64. The maximum absolute atomic E-state index is 13.4. The Kier molecular flexibility index (Phi) is 5.67. The number of fused-ring (bicyclic) bond motifs is 1. The fourth-order valence-corrected chi connectivity index (χ4v) is 7.40. The summed E-state index contributed by atoms with van der Waals surface area (Å²) in [5.41, 5.74) is 0.594. The van der Waals surface area contributed by atoms with E-state index in [9.17, 15) is 19.5 Å². The molecule has 30 heavy (non-hydrogen) atoms. The number of nitrogens with one attached hydrogen (secondary N) is 1. The highest BCUT2D eigenvalue weighted by Crippen LogP contribution is 2.66. The molecule has 3 aliphatic heterocycles. The quantitative estimate of drug-likeness (QED) is 0.623. The number of nitrogens with zero attached hydrogens (tertiary/aromatic N) is 1. The molecular weight excluding hydrogens is 408 g/mol. The van der Waals surface area contributed by atoms with Gasteiger partial charge < -0.3 is 24.8 Å². The van der Waals surface area contributed by atoms with Crippen LogP contribution in [0.25, 0.3) is 0 Å². The molecule has 0 radical (unpaired) electrons. The number of likely N-dealkylation sites (tertiary alicyclic amines) is 1. The summed E-state index contributed by atoms with van der Waals surface area (Å²) in [5, 5.41) is 12.4. The number of aliphatic hydroxyl groups is 1. The highest BCUT2D eigenvalue weighted by molar-refractivity contribution is 8.02. The Labute approximate surface area is 179 Å². The zero-order valence-electron chi connectivity index (χ0n) is 17.0. The van der Waals surface area contributed by atoms with Crippen molar-refractivity contribution < 1.29 is 29.0 Å². The fourth-order valence-electron chi connectivity index (χ4n) is 5.19. The van der Waals surface area contributed by atoms with E-state index in [2.05, 4.69) is 5.32 Å². The number of benzene rings is 1. The summed E-state index contributed by atoms with van der Waals surface area (Å²) in [7, 11) is 1.57. The number of carbonyl (C=O) groups is 3. The van der Waals surface area contributed by atoms with E-state index < -0.39 is 22.6 Å². The number of esters is 1. The largest absolute Gasteiger partial charge is 0.497 e. The monoisotopic (exact) mass is 434 g/mol. The number of methoxy groups -OCH3 is 1. The molecule has 0 aliphatic carbocycles. The number of thioether (sulfide) groups is 1. The molecule has 2 amide bonds. The van der Waals surface area contributed by atoms with Gasteiger partial charge in [-0.1, -0.05) is 0 Å². The van der Waals surface area contributed by atoms with Crippen molar-refractivity contribution in [3.63, 3.8) is 0 Å². The second-order valence-electron chi connectivity index (χ2n) is 7.78. The first-order valence-corrected chi connectivity index (χ1v) is 11.1. The van der Waals surface area contributed by atoms with Gasteiger partial charge in [-0.3, -0.25) is 14.4 Å². The second kappa shape index (κ2) is 8.11. The van der Waals surface area contributed by atoms with E-state index in [0.717, 1.165) is 6.42 Å². The predicted molar refractivity (Wildman–Crippen MR) is 111 cm³/mol. The van der Waals surface area contributed by atoms with Gasteiger partial charge >= 0.3 is 5.97 Å². The third-order valence-electron chi connectivity index (χ3n) is 6.31. The average molecular weight is 435 g/mol. The lowest BCUT2D eigenvalue weighted by Gasteiger charge is -2.33. The Hall–Kier alpha value is -2.26. The van der Waals surface area contributed by atoms with Gasteiger partial charge in [-0.05, 0) is 44.0 Å². The van der Waals surface area contributed by atoms with Crippen molar-refractivity contribution >= 4 is 35.2 Å². The van der Waals surface area contributed by atoms with E-state index in [0.29, 0.717) is 17.9 Å². The van der Waals surface area contributed by atoms with Crippen LogP contribution in [0.4, 0.5) is 5.69 Å². The van der Waals surface area contributed by atoms with Gasteiger partial charge in [0.25, 0.3) is 0 Å². The Bertz CT molecular complexity index is 846. The first-order valence-electron chi connectivity index (χ1n) is 10.2. The van der Waals surface area contributed by atoms with Gasteiger partial charge in [-0.25, -0.2) is 0 Å². The molecule has 0 aromatic heterocycles. The zero-order chi connectivity index (χ0) is 21.5. The maximum atomic E-state index is 13.4. The number of anilines is 1. The van der Waals surface area contributed by atoms with Crippen molar-refractivity contribution in [3.05, 3.63) is 24.3 Å². The Morgan fingerprint density at radius 1 is 1.33 bits per heavy atom. The molecule has 3 fully saturated rings. The molecule has 1 aromatic carbocycles. The number of hydrogen-bond acceptors (Lipinski definition) is 7. The van der Waals surface area contributed by atoms with Crippen LogP contribution in [0.1, 0.15) is 19.8 Å². The number of amides is 2. The van der Waals surface area contributed by atoms with Gasteiger partial charge in [0.1, 0.15) is 11.8 Å². The van der Waals surface area contributed by atoms with Crippen LogP contribution in [0.5, 0.6) is 5.75 Å². The van der Waals surface area contributed by atoms with Gasteiger partial charge in [-0.2, -0.15) is 0 Å². The minimum atomic E-state index is -0.751. The van der Waals surface area contributed by atoms with Crippen molar-refractivity contribution in [2.75, 3.05) is 32.2 Å². The van der Waals surface area contributed by atoms with E-state index in [1.807, 2.05) is 0 Å². The predicted octanol–water partition coefficient (Wildman–Crippen LogP) is 1.28. The number of aliphatic hydroxyl groups excluding tert-OH is 1. The van der Waals surface area contributed by atoms with Crippen molar-refractivity contribution in [2.45, 2.75) is 35.8 Å². The number of hydrogen-bond donors (Lipinski definition) is 2. The van der Waals surface area contributed by atoms with E-state index in [1.165, 1.54) is 4.90 Å². The topological polar surface area (TPSA) is 105 Å². The van der Waals surface area contributed by atoms with Gasteiger partial charge in [0.15, 0.2) is 0 Å². The van der Waals surface area contributed by atoms with Crippen LogP contribution in [0.2, 0.25) is 0 Å². The van der Waals surface area contributed by atoms with Crippen LogP contribution in [0.15, 0.2) is 24.3 Å². The molecule has 1 aromatic rings. The van der Waals surface area contributed by atoms with Crippen LogP contribution in [-0.2, 0) is 19.1 Å². The molecule has 3 aliphatic rings. The summed E-state index contributed by atoms with van der Waals surface area (Å²) in [6.07, 6.45) is 1.44. The lowest BCUT2D eigenvalue weighted by molar-refractivity contribution is -0.153. The first-order chi connectivity index (χ1) is 14.5. The minimum absolute atomic E-state index is 0.0226. The van der Waals surface area contributed by atoms with Crippen LogP contribution >= 0.6 is 11.8 Å². The van der Waals surface area contributed by atoms with Crippen molar-refractivity contribution in [2.24, 2.45) is 11.8 Å². The third kappa shape index (κ3) is 3.15. The van der Waals surface area contributed by atoms with E-state index >= 15 is 0 Å². The normalized spacial score (nSPS) is 31.6. The van der Waals surface area contributed by atoms with E-state index in [4.69, 9.17) is 9.47 Å².